The number of nitrogens with zero attached hydrogens (tertiary/aromatic N) is 2. The molecule has 2 heterocycles. The van der Waals surface area contributed by atoms with Crippen LogP contribution in [0.1, 0.15) is 31.7 Å². The first-order valence-electron chi connectivity index (χ1n) is 6.90. The molecule has 1 unspecified atom stereocenters. The van der Waals surface area contributed by atoms with Gasteiger partial charge in [-0.05, 0) is 45.0 Å². The van der Waals surface area contributed by atoms with E-state index in [0.29, 0.717) is 11.0 Å². The summed E-state index contributed by atoms with van der Waals surface area (Å²) in [5.74, 6) is 0.842. The largest absolute Gasteiger partial charge is 0.389 e. The second kappa shape index (κ2) is 6.82. The minimum Gasteiger partial charge on any atom is -0.389 e. The monoisotopic (exact) mass is 278 g/mol. The molecule has 1 aliphatic rings. The van der Waals surface area contributed by atoms with Crippen LogP contribution < -0.4 is 11.1 Å². The normalized spacial score (nSPS) is 17.9. The van der Waals surface area contributed by atoms with Crippen LogP contribution in [0.4, 0.5) is 5.82 Å². The van der Waals surface area contributed by atoms with Crippen LogP contribution in [0.15, 0.2) is 18.3 Å². The molecule has 4 nitrogen and oxygen atoms in total. The molecule has 0 radical (unpaired) electrons. The molecule has 0 saturated carbocycles. The first-order chi connectivity index (χ1) is 9.15. The standard InChI is InChI=1S/C14H22N4S/c1-11(10-18-7-3-2-4-8-18)17-13-9-12(14(15)19)5-6-16-13/h5-6,9,11H,2-4,7-8,10H2,1H3,(H2,15,19)(H,16,17). The number of hydrogen-bond donors (Lipinski definition) is 2. The summed E-state index contributed by atoms with van der Waals surface area (Å²) < 4.78 is 0. The van der Waals surface area contributed by atoms with Gasteiger partial charge in [0.05, 0.1) is 0 Å². The van der Waals surface area contributed by atoms with E-state index in [4.69, 9.17) is 18.0 Å². The Labute approximate surface area is 120 Å². The Balaban J connectivity index is 1.88. The molecular weight excluding hydrogens is 256 g/mol. The molecule has 3 N–H and O–H groups in total. The van der Waals surface area contributed by atoms with Crippen molar-refractivity contribution in [2.75, 3.05) is 25.0 Å². The zero-order valence-electron chi connectivity index (χ0n) is 11.4. The van der Waals surface area contributed by atoms with Crippen LogP contribution in [0, 0.1) is 0 Å². The van der Waals surface area contributed by atoms with E-state index in [-0.39, 0.29) is 0 Å². The second-order valence-electron chi connectivity index (χ2n) is 5.20. The lowest BCUT2D eigenvalue weighted by Crippen LogP contribution is -2.38. The van der Waals surface area contributed by atoms with Crippen molar-refractivity contribution < 1.29 is 0 Å². The molecule has 2 rings (SSSR count). The van der Waals surface area contributed by atoms with E-state index in [9.17, 15) is 0 Å². The molecule has 104 valence electrons. The quantitative estimate of drug-likeness (QED) is 0.807. The van der Waals surface area contributed by atoms with Gasteiger partial charge in [0.1, 0.15) is 10.8 Å². The van der Waals surface area contributed by atoms with Gasteiger partial charge in [0.2, 0.25) is 0 Å². The van der Waals surface area contributed by atoms with Crippen LogP contribution in [0.5, 0.6) is 0 Å². The molecule has 1 saturated heterocycles. The van der Waals surface area contributed by atoms with Gasteiger partial charge < -0.3 is 16.0 Å². The van der Waals surface area contributed by atoms with Crippen molar-refractivity contribution in [1.82, 2.24) is 9.88 Å². The lowest BCUT2D eigenvalue weighted by atomic mass is 10.1. The summed E-state index contributed by atoms with van der Waals surface area (Å²) >= 11 is 4.98. The molecule has 5 heteroatoms. The zero-order valence-corrected chi connectivity index (χ0v) is 12.2. The average Bonchev–Trinajstić information content (AvgIpc) is 2.40. The first-order valence-corrected chi connectivity index (χ1v) is 7.31. The van der Waals surface area contributed by atoms with Crippen molar-refractivity contribution in [2.45, 2.75) is 32.2 Å². The molecule has 1 fully saturated rings. The van der Waals surface area contributed by atoms with Crippen LogP contribution in [-0.4, -0.2) is 40.5 Å². The van der Waals surface area contributed by atoms with Crippen molar-refractivity contribution >= 4 is 23.0 Å². The number of piperidine rings is 1. The highest BCUT2D eigenvalue weighted by Gasteiger charge is 2.13. The summed E-state index contributed by atoms with van der Waals surface area (Å²) in [6.45, 7) is 5.67. The molecule has 0 aromatic carbocycles. The minimum atomic E-state index is 0.368. The minimum absolute atomic E-state index is 0.368. The number of nitrogens with one attached hydrogen (secondary N) is 1. The van der Waals surface area contributed by atoms with Gasteiger partial charge in [0, 0.05) is 24.3 Å². The van der Waals surface area contributed by atoms with Crippen molar-refractivity contribution in [3.8, 4) is 0 Å². The van der Waals surface area contributed by atoms with E-state index >= 15 is 0 Å². The average molecular weight is 278 g/mol. The lowest BCUT2D eigenvalue weighted by molar-refractivity contribution is 0.223. The van der Waals surface area contributed by atoms with E-state index in [1.165, 1.54) is 32.4 Å². The number of hydrogen-bond acceptors (Lipinski definition) is 4. The third-order valence-corrected chi connectivity index (χ3v) is 3.66. The molecule has 0 bridgehead atoms. The van der Waals surface area contributed by atoms with Crippen LogP contribution in [0.25, 0.3) is 0 Å². The Hall–Kier alpha value is -1.20. The maximum absolute atomic E-state index is 5.63. The molecule has 0 amide bonds. The Morgan fingerprint density at radius 3 is 2.89 bits per heavy atom. The molecule has 1 aromatic heterocycles. The summed E-state index contributed by atoms with van der Waals surface area (Å²) in [4.78, 5) is 7.23. The van der Waals surface area contributed by atoms with Crippen molar-refractivity contribution in [3.05, 3.63) is 23.9 Å². The van der Waals surface area contributed by atoms with Gasteiger partial charge in [-0.3, -0.25) is 0 Å². The van der Waals surface area contributed by atoms with Crippen LogP contribution >= 0.6 is 12.2 Å². The zero-order chi connectivity index (χ0) is 13.7. The summed E-state index contributed by atoms with van der Waals surface area (Å²) in [6.07, 6.45) is 5.75. The smallest absolute Gasteiger partial charge is 0.126 e. The highest BCUT2D eigenvalue weighted by Crippen LogP contribution is 2.12. The van der Waals surface area contributed by atoms with E-state index in [2.05, 4.69) is 22.1 Å². The van der Waals surface area contributed by atoms with Crippen LogP contribution in [0.2, 0.25) is 0 Å². The second-order valence-corrected chi connectivity index (χ2v) is 5.64. The van der Waals surface area contributed by atoms with E-state index in [1.807, 2.05) is 12.1 Å². The SMILES string of the molecule is CC(CN1CCCCC1)Nc1cc(C(N)=S)ccn1. The van der Waals surface area contributed by atoms with Gasteiger partial charge in [-0.1, -0.05) is 18.6 Å². The van der Waals surface area contributed by atoms with Gasteiger partial charge in [-0.25, -0.2) is 4.98 Å². The number of nitrogens with two attached hydrogens (primary N) is 1. The highest BCUT2D eigenvalue weighted by molar-refractivity contribution is 7.80. The van der Waals surface area contributed by atoms with Crippen molar-refractivity contribution in [1.29, 1.82) is 0 Å². The summed E-state index contributed by atoms with van der Waals surface area (Å²) in [5.41, 5.74) is 6.49. The molecule has 19 heavy (non-hydrogen) atoms. The Kier molecular flexibility index (Phi) is 5.10. The number of likely N-dealkylation sites (tertiary alicyclic amines) is 1. The fraction of sp³-hybridized carbons (Fsp3) is 0.571. The summed E-state index contributed by atoms with van der Waals surface area (Å²) in [6, 6.07) is 4.12. The predicted octanol–water partition coefficient (Wildman–Crippen LogP) is 2.00. The Morgan fingerprint density at radius 1 is 1.47 bits per heavy atom. The van der Waals surface area contributed by atoms with Gasteiger partial charge in [-0.15, -0.1) is 0 Å². The van der Waals surface area contributed by atoms with Gasteiger partial charge in [0.15, 0.2) is 0 Å². The van der Waals surface area contributed by atoms with E-state index in [0.717, 1.165) is 17.9 Å². The molecule has 0 spiro atoms. The Bertz CT molecular complexity index is 429. The van der Waals surface area contributed by atoms with Crippen molar-refractivity contribution in [2.24, 2.45) is 5.73 Å². The third kappa shape index (κ3) is 4.44. The topological polar surface area (TPSA) is 54.2 Å². The molecule has 1 atom stereocenters. The molecular formula is C14H22N4S. The number of aromatic nitrogens is 1. The fourth-order valence-corrected chi connectivity index (χ4v) is 2.62. The van der Waals surface area contributed by atoms with Crippen LogP contribution in [-0.2, 0) is 0 Å². The maximum atomic E-state index is 5.63. The predicted molar refractivity (Wildman–Crippen MR) is 83.5 cm³/mol. The Morgan fingerprint density at radius 2 is 2.21 bits per heavy atom. The number of thiocarbonyl (C=S) groups is 1. The highest BCUT2D eigenvalue weighted by atomic mass is 32.1. The fourth-order valence-electron chi connectivity index (χ4n) is 2.49. The molecule has 1 aromatic rings. The molecule has 1 aliphatic heterocycles. The lowest BCUT2D eigenvalue weighted by Gasteiger charge is -2.29. The van der Waals surface area contributed by atoms with Crippen molar-refractivity contribution in [3.63, 3.8) is 0 Å². The maximum Gasteiger partial charge on any atom is 0.126 e. The third-order valence-electron chi connectivity index (χ3n) is 3.42. The molecule has 0 aliphatic carbocycles. The number of rotatable bonds is 5. The summed E-state index contributed by atoms with van der Waals surface area (Å²) in [5, 5.41) is 3.42. The summed E-state index contributed by atoms with van der Waals surface area (Å²) in [7, 11) is 0. The van der Waals surface area contributed by atoms with Gasteiger partial charge in [0.25, 0.3) is 0 Å². The van der Waals surface area contributed by atoms with Gasteiger partial charge in [-0.2, -0.15) is 0 Å². The van der Waals surface area contributed by atoms with E-state index < -0.39 is 0 Å². The number of pyridine rings is 1. The number of anilines is 1. The van der Waals surface area contributed by atoms with E-state index in [1.54, 1.807) is 6.20 Å². The van der Waals surface area contributed by atoms with Crippen LogP contribution in [0.3, 0.4) is 0 Å². The van der Waals surface area contributed by atoms with Gasteiger partial charge >= 0.3 is 0 Å². The first kappa shape index (κ1) is 14.2.